The summed E-state index contributed by atoms with van der Waals surface area (Å²) in [6.45, 7) is 3.05. The summed E-state index contributed by atoms with van der Waals surface area (Å²) in [4.78, 5) is 12.4. The maximum Gasteiger partial charge on any atom is 0.251 e. The van der Waals surface area contributed by atoms with E-state index in [-0.39, 0.29) is 11.7 Å². The first-order chi connectivity index (χ1) is 16.1. The van der Waals surface area contributed by atoms with Gasteiger partial charge >= 0.3 is 0 Å². The number of hydrogen-bond acceptors (Lipinski definition) is 5. The fourth-order valence-electron chi connectivity index (χ4n) is 3.25. The topological polar surface area (TPSA) is 77.2 Å². The van der Waals surface area contributed by atoms with Crippen LogP contribution in [0.25, 0.3) is 22.9 Å². The van der Waals surface area contributed by atoms with Crippen molar-refractivity contribution in [2.24, 2.45) is 0 Å². The van der Waals surface area contributed by atoms with Crippen molar-refractivity contribution in [2.45, 2.75) is 19.8 Å². The zero-order chi connectivity index (χ0) is 23.0. The molecule has 0 aliphatic heterocycles. The summed E-state index contributed by atoms with van der Waals surface area (Å²) in [5.74, 6) is 1.06. The molecule has 0 aliphatic rings. The number of halogens is 1. The summed E-state index contributed by atoms with van der Waals surface area (Å²) >= 11 is 0. The molecular formula is C26H24FN3O3. The van der Waals surface area contributed by atoms with Gasteiger partial charge in [0, 0.05) is 23.2 Å². The van der Waals surface area contributed by atoms with Gasteiger partial charge in [0.25, 0.3) is 5.91 Å². The van der Waals surface area contributed by atoms with E-state index in [1.807, 2.05) is 31.2 Å². The molecule has 0 saturated heterocycles. The van der Waals surface area contributed by atoms with Gasteiger partial charge in [-0.25, -0.2) is 4.39 Å². The second kappa shape index (κ2) is 10.5. The fraction of sp³-hybridized carbons (Fsp3) is 0.192. The lowest BCUT2D eigenvalue weighted by molar-refractivity contribution is 0.0952. The molecule has 168 valence electrons. The predicted octanol–water partition coefficient (Wildman–Crippen LogP) is 5.44. The minimum absolute atomic E-state index is 0.146. The zero-order valence-corrected chi connectivity index (χ0v) is 18.3. The molecule has 0 aliphatic carbocycles. The molecule has 0 radical (unpaired) electrons. The molecule has 7 heteroatoms. The number of ether oxygens (including phenoxy) is 1. The van der Waals surface area contributed by atoms with Gasteiger partial charge in [-0.15, -0.1) is 10.2 Å². The van der Waals surface area contributed by atoms with Crippen molar-refractivity contribution in [1.29, 1.82) is 0 Å². The number of aryl methyl sites for hydroxylation is 1. The standard InChI is InChI=1S/C26H24FN3O3/c1-18-5-4-6-21(17-18)26-30-29-25(33-26)20-9-7-19(8-10-20)24(31)28-15-2-3-16-32-23-13-11-22(27)12-14-23/h4-14,17H,2-3,15-16H2,1H3,(H,28,31). The molecule has 0 unspecified atom stereocenters. The van der Waals surface area contributed by atoms with Crippen LogP contribution in [0.15, 0.2) is 77.2 Å². The number of carbonyl (C=O) groups excluding carboxylic acids is 1. The highest BCUT2D eigenvalue weighted by atomic mass is 19.1. The van der Waals surface area contributed by atoms with Crippen molar-refractivity contribution in [3.05, 3.63) is 89.7 Å². The monoisotopic (exact) mass is 445 g/mol. The quantitative estimate of drug-likeness (QED) is 0.347. The largest absolute Gasteiger partial charge is 0.494 e. The minimum Gasteiger partial charge on any atom is -0.494 e. The molecule has 1 heterocycles. The van der Waals surface area contributed by atoms with Gasteiger partial charge < -0.3 is 14.5 Å². The summed E-state index contributed by atoms with van der Waals surface area (Å²) < 4.78 is 24.2. The summed E-state index contributed by atoms with van der Waals surface area (Å²) in [6, 6.07) is 20.8. The third-order valence-corrected chi connectivity index (χ3v) is 5.02. The molecule has 0 spiro atoms. The van der Waals surface area contributed by atoms with Crippen molar-refractivity contribution < 1.29 is 18.3 Å². The SMILES string of the molecule is Cc1cccc(-c2nnc(-c3ccc(C(=O)NCCCCOc4ccc(F)cc4)cc3)o2)c1. The van der Waals surface area contributed by atoms with Gasteiger partial charge in [0.2, 0.25) is 11.8 Å². The number of carbonyl (C=O) groups is 1. The Morgan fingerprint density at radius 1 is 0.939 bits per heavy atom. The van der Waals surface area contributed by atoms with E-state index >= 15 is 0 Å². The van der Waals surface area contributed by atoms with Crippen molar-refractivity contribution in [1.82, 2.24) is 15.5 Å². The van der Waals surface area contributed by atoms with Crippen molar-refractivity contribution in [3.63, 3.8) is 0 Å². The molecule has 4 aromatic rings. The molecule has 3 aromatic carbocycles. The molecule has 6 nitrogen and oxygen atoms in total. The van der Waals surface area contributed by atoms with Gasteiger partial charge in [0.15, 0.2) is 0 Å². The first kappa shape index (κ1) is 22.2. The average molecular weight is 445 g/mol. The molecule has 0 fully saturated rings. The second-order valence-electron chi connectivity index (χ2n) is 7.62. The van der Waals surface area contributed by atoms with E-state index in [0.29, 0.717) is 36.2 Å². The highest BCUT2D eigenvalue weighted by molar-refractivity contribution is 5.94. The number of hydrogen-bond donors (Lipinski definition) is 1. The fourth-order valence-corrected chi connectivity index (χ4v) is 3.25. The highest BCUT2D eigenvalue weighted by Crippen LogP contribution is 2.24. The highest BCUT2D eigenvalue weighted by Gasteiger charge is 2.12. The van der Waals surface area contributed by atoms with Crippen LogP contribution in [0.4, 0.5) is 4.39 Å². The second-order valence-corrected chi connectivity index (χ2v) is 7.62. The first-order valence-electron chi connectivity index (χ1n) is 10.8. The van der Waals surface area contributed by atoms with Gasteiger partial charge in [-0.1, -0.05) is 17.7 Å². The number of rotatable bonds is 9. The van der Waals surface area contributed by atoms with E-state index in [1.165, 1.54) is 12.1 Å². The van der Waals surface area contributed by atoms with Crippen LogP contribution in [0.2, 0.25) is 0 Å². The van der Waals surface area contributed by atoms with Crippen LogP contribution in [0, 0.1) is 12.7 Å². The zero-order valence-electron chi connectivity index (χ0n) is 18.3. The molecule has 1 N–H and O–H groups in total. The van der Waals surface area contributed by atoms with Crippen LogP contribution in [-0.4, -0.2) is 29.3 Å². The van der Waals surface area contributed by atoms with E-state index < -0.39 is 0 Å². The Hall–Kier alpha value is -4.00. The van der Waals surface area contributed by atoms with E-state index in [2.05, 4.69) is 15.5 Å². The molecule has 4 rings (SSSR count). The van der Waals surface area contributed by atoms with E-state index in [0.717, 1.165) is 29.5 Å². The number of benzene rings is 3. The molecule has 0 saturated carbocycles. The Labute approximate surface area is 191 Å². The molecule has 1 amide bonds. The van der Waals surface area contributed by atoms with Crippen LogP contribution >= 0.6 is 0 Å². The van der Waals surface area contributed by atoms with E-state index in [4.69, 9.17) is 9.15 Å². The van der Waals surface area contributed by atoms with Crippen LogP contribution < -0.4 is 10.1 Å². The van der Waals surface area contributed by atoms with E-state index in [1.54, 1.807) is 36.4 Å². The maximum absolute atomic E-state index is 12.9. The van der Waals surface area contributed by atoms with Crippen molar-refractivity contribution in [3.8, 4) is 28.7 Å². The lowest BCUT2D eigenvalue weighted by Gasteiger charge is -2.07. The summed E-state index contributed by atoms with van der Waals surface area (Å²) in [5, 5.41) is 11.2. The summed E-state index contributed by atoms with van der Waals surface area (Å²) in [5.41, 5.74) is 3.28. The molecular weight excluding hydrogens is 421 g/mol. The van der Waals surface area contributed by atoms with Gasteiger partial charge in [-0.3, -0.25) is 4.79 Å². The van der Waals surface area contributed by atoms with Crippen LogP contribution in [0.5, 0.6) is 5.75 Å². The number of nitrogens with one attached hydrogen (secondary N) is 1. The minimum atomic E-state index is -0.290. The average Bonchev–Trinajstić information content (AvgIpc) is 3.33. The Morgan fingerprint density at radius 3 is 2.39 bits per heavy atom. The van der Waals surface area contributed by atoms with Gasteiger partial charge in [-0.2, -0.15) is 0 Å². The van der Waals surface area contributed by atoms with Crippen LogP contribution in [0.3, 0.4) is 0 Å². The molecule has 1 aromatic heterocycles. The normalized spacial score (nSPS) is 10.7. The lowest BCUT2D eigenvalue weighted by Crippen LogP contribution is -2.24. The number of aromatic nitrogens is 2. The Morgan fingerprint density at radius 2 is 1.67 bits per heavy atom. The Bertz CT molecular complexity index is 1200. The molecule has 0 bridgehead atoms. The van der Waals surface area contributed by atoms with Gasteiger partial charge in [-0.05, 0) is 80.4 Å². The summed E-state index contributed by atoms with van der Waals surface area (Å²) in [6.07, 6.45) is 1.55. The van der Waals surface area contributed by atoms with Crippen LogP contribution in [-0.2, 0) is 0 Å². The third kappa shape index (κ3) is 6.04. The van der Waals surface area contributed by atoms with Gasteiger partial charge in [0.05, 0.1) is 6.61 Å². The summed E-state index contributed by atoms with van der Waals surface area (Å²) in [7, 11) is 0. The first-order valence-corrected chi connectivity index (χ1v) is 10.8. The van der Waals surface area contributed by atoms with Crippen molar-refractivity contribution >= 4 is 5.91 Å². The number of unbranched alkanes of at least 4 members (excludes halogenated alkanes) is 1. The Kier molecular flexibility index (Phi) is 7.09. The van der Waals surface area contributed by atoms with E-state index in [9.17, 15) is 9.18 Å². The Balaban J connectivity index is 1.23. The van der Waals surface area contributed by atoms with Crippen molar-refractivity contribution in [2.75, 3.05) is 13.2 Å². The smallest absolute Gasteiger partial charge is 0.251 e. The molecule has 33 heavy (non-hydrogen) atoms. The number of amides is 1. The maximum atomic E-state index is 12.9. The van der Waals surface area contributed by atoms with Crippen LogP contribution in [0.1, 0.15) is 28.8 Å². The molecule has 0 atom stereocenters. The third-order valence-electron chi connectivity index (χ3n) is 5.02. The van der Waals surface area contributed by atoms with Gasteiger partial charge in [0.1, 0.15) is 11.6 Å². The lowest BCUT2D eigenvalue weighted by atomic mass is 10.1. The number of nitrogens with zero attached hydrogens (tertiary/aromatic N) is 2. The predicted molar refractivity (Wildman–Crippen MR) is 123 cm³/mol.